The third-order valence-electron chi connectivity index (χ3n) is 3.59. The lowest BCUT2D eigenvalue weighted by Crippen LogP contribution is -2.42. The van der Waals surface area contributed by atoms with Gasteiger partial charge < -0.3 is 4.98 Å². The van der Waals surface area contributed by atoms with E-state index in [1.54, 1.807) is 0 Å². The van der Waals surface area contributed by atoms with Gasteiger partial charge >= 0.3 is 0 Å². The number of non-ortho nitro benzene ring substituents is 1. The Morgan fingerprint density at radius 3 is 2.81 bits per heavy atom. The van der Waals surface area contributed by atoms with Gasteiger partial charge in [0.25, 0.3) is 11.6 Å². The van der Waals surface area contributed by atoms with Crippen LogP contribution in [0.25, 0.3) is 11.0 Å². The summed E-state index contributed by atoms with van der Waals surface area (Å²) in [6, 6.07) is 11.0. The lowest BCUT2D eigenvalue weighted by molar-refractivity contribution is -0.384. The Bertz CT molecular complexity index is 1030. The molecular weight excluding hydrogens is 370 g/mol. The standard InChI is InChI=1S/C17H15N5O4S/c1-10-5-6-13-14(7-10)19-17(18-13)27-9-15(23)20-21-16(24)11-3-2-4-12(8-11)22(25)26/h2-8H,9H2,1H3,(H,18,19)(H,20,23)(H,21,24). The number of benzene rings is 2. The summed E-state index contributed by atoms with van der Waals surface area (Å²) < 4.78 is 0. The van der Waals surface area contributed by atoms with Gasteiger partial charge in [0.15, 0.2) is 5.16 Å². The normalized spacial score (nSPS) is 10.6. The number of amides is 2. The highest BCUT2D eigenvalue weighted by Gasteiger charge is 2.13. The van der Waals surface area contributed by atoms with Crippen LogP contribution >= 0.6 is 11.8 Å². The molecule has 3 N–H and O–H groups in total. The molecule has 10 heteroatoms. The maximum Gasteiger partial charge on any atom is 0.270 e. The molecule has 0 saturated heterocycles. The van der Waals surface area contributed by atoms with E-state index in [1.807, 2.05) is 25.1 Å². The monoisotopic (exact) mass is 385 g/mol. The molecule has 0 spiro atoms. The SMILES string of the molecule is Cc1ccc2nc(SCC(=O)NNC(=O)c3cccc([N+](=O)[O-])c3)[nH]c2c1. The van der Waals surface area contributed by atoms with Gasteiger partial charge in [0.05, 0.1) is 21.7 Å². The first-order chi connectivity index (χ1) is 12.9. The van der Waals surface area contributed by atoms with Gasteiger partial charge in [-0.25, -0.2) is 4.98 Å². The summed E-state index contributed by atoms with van der Waals surface area (Å²) in [7, 11) is 0. The number of aromatic nitrogens is 2. The van der Waals surface area contributed by atoms with Gasteiger partial charge in [-0.2, -0.15) is 0 Å². The van der Waals surface area contributed by atoms with E-state index < -0.39 is 16.7 Å². The second kappa shape index (κ2) is 7.87. The van der Waals surface area contributed by atoms with Gasteiger partial charge in [0, 0.05) is 17.7 Å². The van der Waals surface area contributed by atoms with Crippen molar-refractivity contribution in [3.05, 3.63) is 63.7 Å². The Balaban J connectivity index is 1.52. The molecule has 2 aromatic carbocycles. The summed E-state index contributed by atoms with van der Waals surface area (Å²) in [5.41, 5.74) is 7.17. The first-order valence-electron chi connectivity index (χ1n) is 7.85. The molecule has 2 amide bonds. The molecule has 0 aliphatic carbocycles. The maximum atomic E-state index is 12.0. The number of hydrogen-bond donors (Lipinski definition) is 3. The van der Waals surface area contributed by atoms with Crippen molar-refractivity contribution in [1.29, 1.82) is 0 Å². The number of aryl methyl sites for hydroxylation is 1. The highest BCUT2D eigenvalue weighted by Crippen LogP contribution is 2.20. The van der Waals surface area contributed by atoms with Crippen molar-refractivity contribution in [1.82, 2.24) is 20.8 Å². The molecule has 1 aromatic heterocycles. The Morgan fingerprint density at radius 1 is 1.22 bits per heavy atom. The van der Waals surface area contributed by atoms with Crippen LogP contribution in [0, 0.1) is 17.0 Å². The zero-order valence-electron chi connectivity index (χ0n) is 14.2. The van der Waals surface area contributed by atoms with Crippen LogP contribution in [0.15, 0.2) is 47.6 Å². The van der Waals surface area contributed by atoms with E-state index in [4.69, 9.17) is 0 Å². The van der Waals surface area contributed by atoms with Crippen molar-refractivity contribution in [2.45, 2.75) is 12.1 Å². The quantitative estimate of drug-likeness (QED) is 0.351. The van der Waals surface area contributed by atoms with Crippen LogP contribution in [0.1, 0.15) is 15.9 Å². The minimum absolute atomic E-state index is 0.0357. The number of imidazole rings is 1. The summed E-state index contributed by atoms with van der Waals surface area (Å²) in [5, 5.41) is 11.3. The summed E-state index contributed by atoms with van der Waals surface area (Å²) in [6.45, 7) is 1.98. The Kier molecular flexibility index (Phi) is 5.36. The molecular formula is C17H15N5O4S. The fourth-order valence-electron chi connectivity index (χ4n) is 2.30. The van der Waals surface area contributed by atoms with Gasteiger partial charge in [-0.3, -0.25) is 30.6 Å². The summed E-state index contributed by atoms with van der Waals surface area (Å²) in [5.74, 6) is -1.04. The molecule has 27 heavy (non-hydrogen) atoms. The predicted octanol–water partition coefficient (Wildman–Crippen LogP) is 2.33. The average Bonchev–Trinajstić information content (AvgIpc) is 3.06. The van der Waals surface area contributed by atoms with E-state index in [0.717, 1.165) is 22.7 Å². The van der Waals surface area contributed by atoms with Crippen LogP contribution in [-0.2, 0) is 4.79 Å². The molecule has 0 bridgehead atoms. The molecule has 9 nitrogen and oxygen atoms in total. The Hall–Kier alpha value is -3.40. The maximum absolute atomic E-state index is 12.0. The number of H-pyrrole nitrogens is 1. The highest BCUT2D eigenvalue weighted by atomic mass is 32.2. The van der Waals surface area contributed by atoms with E-state index in [0.29, 0.717) is 5.16 Å². The number of hydrogen-bond acceptors (Lipinski definition) is 6. The van der Waals surface area contributed by atoms with Gasteiger partial charge in [0.2, 0.25) is 5.91 Å². The fraction of sp³-hybridized carbons (Fsp3) is 0.118. The summed E-state index contributed by atoms with van der Waals surface area (Å²) in [6.07, 6.45) is 0. The number of nitrogens with one attached hydrogen (secondary N) is 3. The number of nitro benzene ring substituents is 1. The second-order valence-electron chi connectivity index (χ2n) is 5.66. The van der Waals surface area contributed by atoms with Gasteiger partial charge in [-0.15, -0.1) is 0 Å². The molecule has 0 atom stereocenters. The number of nitro groups is 1. The van der Waals surface area contributed by atoms with Crippen LogP contribution in [-0.4, -0.2) is 32.5 Å². The van der Waals surface area contributed by atoms with Crippen molar-refractivity contribution in [3.8, 4) is 0 Å². The Labute approximate surface area is 157 Å². The van der Waals surface area contributed by atoms with Crippen molar-refractivity contribution >= 4 is 40.3 Å². The van der Waals surface area contributed by atoms with E-state index in [1.165, 1.54) is 30.0 Å². The van der Waals surface area contributed by atoms with Crippen molar-refractivity contribution in [3.63, 3.8) is 0 Å². The van der Waals surface area contributed by atoms with Crippen LogP contribution in [0.3, 0.4) is 0 Å². The fourth-order valence-corrected chi connectivity index (χ4v) is 2.98. The molecule has 138 valence electrons. The summed E-state index contributed by atoms with van der Waals surface area (Å²) >= 11 is 1.19. The lowest BCUT2D eigenvalue weighted by atomic mass is 10.2. The van der Waals surface area contributed by atoms with Crippen LogP contribution in [0.2, 0.25) is 0 Å². The van der Waals surface area contributed by atoms with Crippen molar-refractivity contribution in [2.75, 3.05) is 5.75 Å². The number of thioether (sulfide) groups is 1. The third-order valence-corrected chi connectivity index (χ3v) is 4.46. The van der Waals surface area contributed by atoms with E-state index >= 15 is 0 Å². The first kappa shape index (κ1) is 18.4. The smallest absolute Gasteiger partial charge is 0.270 e. The first-order valence-corrected chi connectivity index (χ1v) is 8.84. The molecule has 0 saturated carbocycles. The minimum Gasteiger partial charge on any atom is -0.333 e. The van der Waals surface area contributed by atoms with Gasteiger partial charge in [0.1, 0.15) is 0 Å². The zero-order valence-corrected chi connectivity index (χ0v) is 15.0. The van der Waals surface area contributed by atoms with E-state index in [2.05, 4.69) is 20.8 Å². The van der Waals surface area contributed by atoms with Gasteiger partial charge in [-0.05, 0) is 30.7 Å². The molecule has 1 heterocycles. The molecule has 0 fully saturated rings. The lowest BCUT2D eigenvalue weighted by Gasteiger charge is -2.06. The number of hydrazine groups is 1. The third kappa shape index (κ3) is 4.61. The Morgan fingerprint density at radius 2 is 2.04 bits per heavy atom. The van der Waals surface area contributed by atoms with Crippen molar-refractivity contribution in [2.24, 2.45) is 0 Å². The van der Waals surface area contributed by atoms with Crippen molar-refractivity contribution < 1.29 is 14.5 Å². The number of aromatic amines is 1. The van der Waals surface area contributed by atoms with E-state index in [-0.39, 0.29) is 17.0 Å². The highest BCUT2D eigenvalue weighted by molar-refractivity contribution is 7.99. The largest absolute Gasteiger partial charge is 0.333 e. The molecule has 3 rings (SSSR count). The summed E-state index contributed by atoms with van der Waals surface area (Å²) in [4.78, 5) is 41.5. The van der Waals surface area contributed by atoms with E-state index in [9.17, 15) is 19.7 Å². The van der Waals surface area contributed by atoms with Gasteiger partial charge in [-0.1, -0.05) is 23.9 Å². The molecule has 3 aromatic rings. The number of nitrogens with zero attached hydrogens (tertiary/aromatic N) is 2. The number of carbonyl (C=O) groups is 2. The predicted molar refractivity (Wildman–Crippen MR) is 100 cm³/mol. The number of carbonyl (C=O) groups excluding carboxylic acids is 2. The topological polar surface area (TPSA) is 130 Å². The molecule has 0 aliphatic rings. The second-order valence-corrected chi connectivity index (χ2v) is 6.63. The average molecular weight is 385 g/mol. The number of rotatable bonds is 5. The molecule has 0 radical (unpaired) electrons. The molecule has 0 unspecified atom stereocenters. The number of fused-ring (bicyclic) bond motifs is 1. The van der Waals surface area contributed by atoms with Crippen LogP contribution in [0.5, 0.6) is 0 Å². The molecule has 0 aliphatic heterocycles. The van der Waals surface area contributed by atoms with Crippen LogP contribution < -0.4 is 10.9 Å². The zero-order chi connectivity index (χ0) is 19.4. The van der Waals surface area contributed by atoms with Crippen LogP contribution in [0.4, 0.5) is 5.69 Å². The minimum atomic E-state index is -0.642.